The highest BCUT2D eigenvalue weighted by atomic mass is 16.6. The zero-order chi connectivity index (χ0) is 45.8. The Morgan fingerprint density at radius 2 is 0.571 bits per heavy atom. The number of hydrogen-bond acceptors (Lipinski definition) is 6. The van der Waals surface area contributed by atoms with E-state index in [0.717, 1.165) is 109 Å². The molecule has 0 saturated carbocycles. The van der Waals surface area contributed by atoms with Gasteiger partial charge in [0.25, 0.3) is 0 Å². The minimum absolute atomic E-state index is 0.0885. The van der Waals surface area contributed by atoms with E-state index in [1.807, 2.05) is 0 Å². The van der Waals surface area contributed by atoms with Crippen molar-refractivity contribution in [1.82, 2.24) is 0 Å². The van der Waals surface area contributed by atoms with Gasteiger partial charge in [-0.25, -0.2) is 0 Å². The van der Waals surface area contributed by atoms with Gasteiger partial charge in [0.1, 0.15) is 13.2 Å². The van der Waals surface area contributed by atoms with Crippen molar-refractivity contribution < 1.29 is 28.6 Å². The molecule has 0 aromatic heterocycles. The molecule has 0 aromatic carbocycles. The topological polar surface area (TPSA) is 78.9 Å². The van der Waals surface area contributed by atoms with Crippen LogP contribution >= 0.6 is 0 Å². The average molecular weight is 881 g/mol. The summed E-state index contributed by atoms with van der Waals surface area (Å²) >= 11 is 0. The van der Waals surface area contributed by atoms with Crippen LogP contribution in [-0.2, 0) is 28.6 Å². The molecule has 6 heteroatoms. The van der Waals surface area contributed by atoms with Crippen molar-refractivity contribution >= 4 is 17.9 Å². The van der Waals surface area contributed by atoms with Gasteiger partial charge >= 0.3 is 17.9 Å². The normalized spacial score (nSPS) is 12.5. The van der Waals surface area contributed by atoms with Gasteiger partial charge in [-0.15, -0.1) is 0 Å². The molecule has 1 atom stereocenters. The molecule has 0 N–H and O–H groups in total. The first-order valence-electron chi connectivity index (χ1n) is 26.8. The molecule has 0 heterocycles. The number of esters is 3. The number of hydrogen-bond donors (Lipinski definition) is 0. The Morgan fingerprint density at radius 3 is 0.921 bits per heavy atom. The lowest BCUT2D eigenvalue weighted by atomic mass is 10.1. The lowest BCUT2D eigenvalue weighted by Crippen LogP contribution is -2.30. The Balaban J connectivity index is 4.44. The largest absolute Gasteiger partial charge is 0.462 e. The van der Waals surface area contributed by atoms with E-state index in [4.69, 9.17) is 14.2 Å². The summed E-state index contributed by atoms with van der Waals surface area (Å²) in [7, 11) is 0. The van der Waals surface area contributed by atoms with Gasteiger partial charge in [-0.2, -0.15) is 0 Å². The molecule has 0 aromatic rings. The minimum atomic E-state index is -0.790. The van der Waals surface area contributed by atoms with E-state index in [-0.39, 0.29) is 31.1 Å². The molecule has 0 radical (unpaired) electrons. The Kier molecular flexibility index (Phi) is 49.4. The van der Waals surface area contributed by atoms with Gasteiger partial charge in [0.15, 0.2) is 6.10 Å². The molecular formula is C57H100O6. The summed E-state index contributed by atoms with van der Waals surface area (Å²) in [6, 6.07) is 0. The molecule has 0 spiro atoms. The predicted molar refractivity (Wildman–Crippen MR) is 270 cm³/mol. The smallest absolute Gasteiger partial charge is 0.306 e. The van der Waals surface area contributed by atoms with E-state index in [2.05, 4.69) is 81.5 Å². The van der Waals surface area contributed by atoms with E-state index in [0.29, 0.717) is 19.3 Å². The summed E-state index contributed by atoms with van der Waals surface area (Å²) in [5.74, 6) is -0.919. The molecule has 0 aliphatic heterocycles. The maximum Gasteiger partial charge on any atom is 0.306 e. The quantitative estimate of drug-likeness (QED) is 0.0262. The molecule has 0 aliphatic rings. The van der Waals surface area contributed by atoms with Crippen LogP contribution < -0.4 is 0 Å². The van der Waals surface area contributed by atoms with Crippen molar-refractivity contribution in [3.05, 3.63) is 60.8 Å². The number of allylic oxidation sites excluding steroid dienone is 10. The lowest BCUT2D eigenvalue weighted by Gasteiger charge is -2.18. The van der Waals surface area contributed by atoms with Crippen LogP contribution in [0.4, 0.5) is 0 Å². The molecule has 364 valence electrons. The molecule has 0 rings (SSSR count). The van der Waals surface area contributed by atoms with Crippen molar-refractivity contribution in [2.75, 3.05) is 13.2 Å². The number of ether oxygens (including phenoxy) is 3. The minimum Gasteiger partial charge on any atom is -0.462 e. The van der Waals surface area contributed by atoms with E-state index in [1.54, 1.807) is 0 Å². The molecule has 0 aliphatic carbocycles. The molecule has 0 bridgehead atoms. The van der Waals surface area contributed by atoms with E-state index in [9.17, 15) is 14.4 Å². The zero-order valence-electron chi connectivity index (χ0n) is 41.6. The van der Waals surface area contributed by atoms with Gasteiger partial charge in [0, 0.05) is 19.3 Å². The Labute approximate surface area is 390 Å². The third-order valence-electron chi connectivity index (χ3n) is 11.5. The third-order valence-corrected chi connectivity index (χ3v) is 11.5. The number of rotatable bonds is 48. The van der Waals surface area contributed by atoms with Gasteiger partial charge in [-0.05, 0) is 109 Å². The fourth-order valence-electron chi connectivity index (χ4n) is 7.38. The molecule has 6 nitrogen and oxygen atoms in total. The maximum absolute atomic E-state index is 12.8. The average Bonchev–Trinajstić information content (AvgIpc) is 3.28. The summed E-state index contributed by atoms with van der Waals surface area (Å²) in [5, 5.41) is 0. The van der Waals surface area contributed by atoms with Crippen LogP contribution in [0.5, 0.6) is 0 Å². The zero-order valence-corrected chi connectivity index (χ0v) is 41.6. The van der Waals surface area contributed by atoms with Crippen LogP contribution in [0.1, 0.15) is 265 Å². The van der Waals surface area contributed by atoms with Crippen LogP contribution in [-0.4, -0.2) is 37.2 Å². The standard InChI is InChI=1S/C57H100O6/c1-4-7-10-13-16-19-22-25-28-31-34-37-40-43-46-49-55(58)61-52-54(63-57(60)51-48-45-42-39-36-33-30-27-24-21-18-15-12-9-6-3)53-62-56(59)50-47-44-41-38-35-32-29-26-23-20-17-14-11-8-5-2/h16,18-19,21,25-30,54H,4-15,17,20,22-24,31-53H2,1-3H3/b19-16+,21-18+,28-25+,29-26+,30-27+/t54-/m1/s1. The summed E-state index contributed by atoms with van der Waals surface area (Å²) in [6.45, 7) is 6.56. The SMILES string of the molecule is CCCCC/C=C/C/C=C/CCCCCCCC(=O)OC[C@H](COC(=O)CCCCCCC/C=C/CCCCCCCC)OC(=O)CCCCCCC/C=C/C/C=C/CCCCC. The lowest BCUT2D eigenvalue weighted by molar-refractivity contribution is -0.167. The van der Waals surface area contributed by atoms with Gasteiger partial charge in [-0.1, -0.05) is 197 Å². The highest BCUT2D eigenvalue weighted by Gasteiger charge is 2.19. The molecule has 63 heavy (non-hydrogen) atoms. The first-order valence-corrected chi connectivity index (χ1v) is 26.8. The van der Waals surface area contributed by atoms with Gasteiger partial charge in [-0.3, -0.25) is 14.4 Å². The predicted octanol–water partition coefficient (Wildman–Crippen LogP) is 17.6. The highest BCUT2D eigenvalue weighted by molar-refractivity contribution is 5.71. The van der Waals surface area contributed by atoms with Crippen LogP contribution in [0.2, 0.25) is 0 Å². The van der Waals surface area contributed by atoms with E-state index >= 15 is 0 Å². The van der Waals surface area contributed by atoms with Crippen molar-refractivity contribution in [1.29, 1.82) is 0 Å². The van der Waals surface area contributed by atoms with E-state index < -0.39 is 6.10 Å². The fourth-order valence-corrected chi connectivity index (χ4v) is 7.38. The molecule has 0 fully saturated rings. The van der Waals surface area contributed by atoms with Crippen molar-refractivity contribution in [2.45, 2.75) is 271 Å². The van der Waals surface area contributed by atoms with Gasteiger partial charge < -0.3 is 14.2 Å². The van der Waals surface area contributed by atoms with Crippen LogP contribution in [0.3, 0.4) is 0 Å². The van der Waals surface area contributed by atoms with Crippen LogP contribution in [0, 0.1) is 0 Å². The van der Waals surface area contributed by atoms with E-state index in [1.165, 1.54) is 116 Å². The second-order valence-electron chi connectivity index (χ2n) is 17.8. The Bertz CT molecular complexity index is 1150. The van der Waals surface area contributed by atoms with Crippen LogP contribution in [0.25, 0.3) is 0 Å². The summed E-state index contributed by atoms with van der Waals surface area (Å²) in [5.41, 5.74) is 0. The molecule has 0 unspecified atom stereocenters. The summed E-state index contributed by atoms with van der Waals surface area (Å²) < 4.78 is 16.8. The third kappa shape index (κ3) is 50.0. The highest BCUT2D eigenvalue weighted by Crippen LogP contribution is 2.14. The fraction of sp³-hybridized carbons (Fsp3) is 0.772. The molecule has 0 saturated heterocycles. The summed E-state index contributed by atoms with van der Waals surface area (Å²) in [4.78, 5) is 38.0. The first-order chi connectivity index (χ1) is 31.0. The first kappa shape index (κ1) is 60.1. The van der Waals surface area contributed by atoms with Crippen LogP contribution in [0.15, 0.2) is 60.8 Å². The number of carbonyl (C=O) groups excluding carboxylic acids is 3. The monoisotopic (exact) mass is 881 g/mol. The second kappa shape index (κ2) is 51.7. The van der Waals surface area contributed by atoms with Crippen molar-refractivity contribution in [2.24, 2.45) is 0 Å². The Hall–Kier alpha value is -2.89. The van der Waals surface area contributed by atoms with Crippen molar-refractivity contribution in [3.8, 4) is 0 Å². The molecule has 0 amide bonds. The Morgan fingerprint density at radius 1 is 0.317 bits per heavy atom. The van der Waals surface area contributed by atoms with Crippen molar-refractivity contribution in [3.63, 3.8) is 0 Å². The second-order valence-corrected chi connectivity index (χ2v) is 17.8. The summed E-state index contributed by atoms with van der Waals surface area (Å²) in [6.07, 6.45) is 63.4. The molecular weight excluding hydrogens is 781 g/mol. The maximum atomic E-state index is 12.8. The number of unbranched alkanes of at least 4 members (excludes halogenated alkanes) is 27. The number of carbonyl (C=O) groups is 3. The van der Waals surface area contributed by atoms with Gasteiger partial charge in [0.2, 0.25) is 0 Å². The van der Waals surface area contributed by atoms with Gasteiger partial charge in [0.05, 0.1) is 0 Å².